The molecule has 1 aromatic heterocycles. The second-order valence-electron chi connectivity index (χ2n) is 7.21. The summed E-state index contributed by atoms with van der Waals surface area (Å²) in [5.74, 6) is 0.595. The summed E-state index contributed by atoms with van der Waals surface area (Å²) >= 11 is 5.91. The second-order valence-corrected chi connectivity index (χ2v) is 9.42. The Hall–Kier alpha value is -2.31. The Morgan fingerprint density at radius 3 is 2.25 bits per heavy atom. The summed E-state index contributed by atoms with van der Waals surface area (Å²) in [5, 5.41) is 4.83. The maximum absolute atomic E-state index is 13.0. The van der Waals surface area contributed by atoms with Gasteiger partial charge < -0.3 is 5.73 Å². The third-order valence-electron chi connectivity index (χ3n) is 5.33. The molecule has 0 unspecified atom stereocenters. The fourth-order valence-corrected chi connectivity index (χ4v) is 5.11. The number of hydrogen-bond donors (Lipinski definition) is 1. The van der Waals surface area contributed by atoms with Crippen LogP contribution < -0.4 is 5.73 Å². The number of nitrogen functional groups attached to an aromatic ring is 1. The van der Waals surface area contributed by atoms with Gasteiger partial charge in [0.25, 0.3) is 10.0 Å². The number of benzene rings is 2. The van der Waals surface area contributed by atoms with Gasteiger partial charge in [-0.2, -0.15) is 13.5 Å². The van der Waals surface area contributed by atoms with E-state index >= 15 is 0 Å². The first-order chi connectivity index (χ1) is 13.4. The van der Waals surface area contributed by atoms with Gasteiger partial charge in [-0.3, -0.25) is 0 Å². The van der Waals surface area contributed by atoms with Gasteiger partial charge in [-0.05, 0) is 48.6 Å². The number of hydrogen-bond acceptors (Lipinski definition) is 4. The van der Waals surface area contributed by atoms with E-state index in [-0.39, 0.29) is 10.7 Å². The first-order valence-corrected chi connectivity index (χ1v) is 11.2. The second kappa shape index (κ2) is 7.60. The molecule has 5 nitrogen and oxygen atoms in total. The molecule has 0 amide bonds. The average Bonchev–Trinajstić information content (AvgIpc) is 3.12. The van der Waals surface area contributed by atoms with Crippen molar-refractivity contribution in [1.29, 1.82) is 0 Å². The maximum atomic E-state index is 13.0. The van der Waals surface area contributed by atoms with Crippen molar-refractivity contribution < 1.29 is 8.42 Å². The number of halogens is 1. The molecule has 0 bridgehead atoms. The summed E-state index contributed by atoms with van der Waals surface area (Å²) in [7, 11) is -3.86. The van der Waals surface area contributed by atoms with Crippen molar-refractivity contribution in [2.24, 2.45) is 0 Å². The van der Waals surface area contributed by atoms with Crippen LogP contribution in [0.25, 0.3) is 11.3 Å². The molecule has 2 aromatic carbocycles. The van der Waals surface area contributed by atoms with Crippen molar-refractivity contribution in [1.82, 2.24) is 9.19 Å². The topological polar surface area (TPSA) is 78.0 Å². The number of nitrogens with zero attached hydrogens (tertiary/aromatic N) is 2. The van der Waals surface area contributed by atoms with Gasteiger partial charge >= 0.3 is 0 Å². The Kier molecular flexibility index (Phi) is 5.17. The third-order valence-corrected chi connectivity index (χ3v) is 7.19. The molecule has 1 aliphatic carbocycles. The van der Waals surface area contributed by atoms with Crippen LogP contribution in [-0.4, -0.2) is 17.6 Å². The lowest BCUT2D eigenvalue weighted by molar-refractivity contribution is 0.443. The summed E-state index contributed by atoms with van der Waals surface area (Å²) in [5.41, 5.74) is 8.41. The molecular formula is C21H22ClN3O2S. The number of anilines is 1. The number of aromatic nitrogens is 2. The predicted molar refractivity (Wildman–Crippen MR) is 112 cm³/mol. The lowest BCUT2D eigenvalue weighted by Gasteiger charge is -2.22. The summed E-state index contributed by atoms with van der Waals surface area (Å²) < 4.78 is 27.0. The van der Waals surface area contributed by atoms with Crippen molar-refractivity contribution in [3.8, 4) is 11.3 Å². The molecule has 146 valence electrons. The molecule has 7 heteroatoms. The van der Waals surface area contributed by atoms with Gasteiger partial charge in [-0.25, -0.2) is 0 Å². The number of nitrogens with two attached hydrogens (primary N) is 1. The lowest BCUT2D eigenvalue weighted by atomic mass is 9.84. The standard InChI is InChI=1S/C21H22ClN3O2S/c22-18-10-6-17(7-11-18)20-14-21(23)25(24-20)28(26,27)19-12-8-16(9-13-19)15-4-2-1-3-5-15/h6-15H,1-5,23H2. The van der Waals surface area contributed by atoms with Crippen molar-refractivity contribution in [2.75, 3.05) is 5.73 Å². The van der Waals surface area contributed by atoms with E-state index in [4.69, 9.17) is 17.3 Å². The molecule has 0 spiro atoms. The molecule has 1 aliphatic rings. The van der Waals surface area contributed by atoms with E-state index in [1.165, 1.54) is 37.7 Å². The highest BCUT2D eigenvalue weighted by molar-refractivity contribution is 7.90. The van der Waals surface area contributed by atoms with Crippen molar-refractivity contribution in [3.05, 3.63) is 65.2 Å². The van der Waals surface area contributed by atoms with Crippen LogP contribution in [0.4, 0.5) is 5.82 Å². The minimum Gasteiger partial charge on any atom is -0.383 e. The van der Waals surface area contributed by atoms with Crippen LogP contribution >= 0.6 is 11.6 Å². The first kappa shape index (κ1) is 19.0. The maximum Gasteiger partial charge on any atom is 0.284 e. The van der Waals surface area contributed by atoms with Crippen LogP contribution in [0.1, 0.15) is 43.6 Å². The van der Waals surface area contributed by atoms with E-state index in [2.05, 4.69) is 5.10 Å². The van der Waals surface area contributed by atoms with Gasteiger partial charge in [0.1, 0.15) is 5.82 Å². The first-order valence-electron chi connectivity index (χ1n) is 9.42. The zero-order valence-corrected chi connectivity index (χ0v) is 17.0. The predicted octanol–water partition coefficient (Wildman–Crippen LogP) is 5.07. The van der Waals surface area contributed by atoms with Crippen LogP contribution in [-0.2, 0) is 10.0 Å². The summed E-state index contributed by atoms with van der Waals surface area (Å²) in [6.07, 6.45) is 6.10. The monoisotopic (exact) mass is 415 g/mol. The van der Waals surface area contributed by atoms with Crippen LogP contribution in [0, 0.1) is 0 Å². The Labute approximate surface area is 170 Å². The molecule has 2 N–H and O–H groups in total. The minimum atomic E-state index is -3.86. The third kappa shape index (κ3) is 3.66. The van der Waals surface area contributed by atoms with E-state index in [0.29, 0.717) is 16.6 Å². The van der Waals surface area contributed by atoms with Gasteiger partial charge in [0.15, 0.2) is 0 Å². The van der Waals surface area contributed by atoms with Crippen LogP contribution in [0.5, 0.6) is 0 Å². The fraction of sp³-hybridized carbons (Fsp3) is 0.286. The van der Waals surface area contributed by atoms with Gasteiger partial charge in [0.2, 0.25) is 0 Å². The fourth-order valence-electron chi connectivity index (χ4n) is 3.78. The molecule has 0 aliphatic heterocycles. The highest BCUT2D eigenvalue weighted by Crippen LogP contribution is 2.33. The average molecular weight is 416 g/mol. The molecule has 0 atom stereocenters. The van der Waals surface area contributed by atoms with Crippen molar-refractivity contribution >= 4 is 27.4 Å². The minimum absolute atomic E-state index is 0.0707. The van der Waals surface area contributed by atoms with E-state index < -0.39 is 10.0 Å². The Balaban J connectivity index is 1.64. The zero-order chi connectivity index (χ0) is 19.7. The van der Waals surface area contributed by atoms with E-state index in [1.54, 1.807) is 42.5 Å². The summed E-state index contributed by atoms with van der Waals surface area (Å²) in [6, 6.07) is 15.7. The van der Waals surface area contributed by atoms with Gasteiger partial charge in [0.05, 0.1) is 10.6 Å². The SMILES string of the molecule is Nc1cc(-c2ccc(Cl)cc2)nn1S(=O)(=O)c1ccc(C2CCCCC2)cc1. The van der Waals surface area contributed by atoms with E-state index in [9.17, 15) is 8.42 Å². The largest absolute Gasteiger partial charge is 0.383 e. The molecule has 0 saturated heterocycles. The van der Waals surface area contributed by atoms with E-state index in [0.717, 1.165) is 9.65 Å². The van der Waals surface area contributed by atoms with Crippen LogP contribution in [0.2, 0.25) is 5.02 Å². The molecule has 4 rings (SSSR count). The molecular weight excluding hydrogens is 394 g/mol. The van der Waals surface area contributed by atoms with Gasteiger partial charge in [-0.15, -0.1) is 4.09 Å². The quantitative estimate of drug-likeness (QED) is 0.645. The van der Waals surface area contributed by atoms with Crippen LogP contribution in [0.3, 0.4) is 0 Å². The molecule has 1 heterocycles. The number of rotatable bonds is 4. The van der Waals surface area contributed by atoms with Crippen LogP contribution in [0.15, 0.2) is 59.5 Å². The highest BCUT2D eigenvalue weighted by atomic mass is 35.5. The molecule has 1 fully saturated rings. The van der Waals surface area contributed by atoms with Crippen molar-refractivity contribution in [2.45, 2.75) is 42.9 Å². The Bertz CT molecular complexity index is 1070. The normalized spacial score (nSPS) is 15.6. The zero-order valence-electron chi connectivity index (χ0n) is 15.4. The molecule has 28 heavy (non-hydrogen) atoms. The smallest absolute Gasteiger partial charge is 0.284 e. The van der Waals surface area contributed by atoms with Gasteiger partial charge in [-0.1, -0.05) is 55.1 Å². The van der Waals surface area contributed by atoms with Crippen molar-refractivity contribution in [3.63, 3.8) is 0 Å². The van der Waals surface area contributed by atoms with Gasteiger partial charge in [0, 0.05) is 16.7 Å². The summed E-state index contributed by atoms with van der Waals surface area (Å²) in [6.45, 7) is 0. The molecule has 3 aromatic rings. The lowest BCUT2D eigenvalue weighted by Crippen LogP contribution is -2.17. The van der Waals surface area contributed by atoms with E-state index in [1.807, 2.05) is 12.1 Å². The Morgan fingerprint density at radius 1 is 0.964 bits per heavy atom. The summed E-state index contributed by atoms with van der Waals surface area (Å²) in [4.78, 5) is 0.185. The molecule has 1 saturated carbocycles. The highest BCUT2D eigenvalue weighted by Gasteiger charge is 2.23. The Morgan fingerprint density at radius 2 is 1.61 bits per heavy atom. The molecule has 0 radical (unpaired) electrons.